The second-order valence-corrected chi connectivity index (χ2v) is 4.85. The van der Waals surface area contributed by atoms with E-state index < -0.39 is 12.1 Å². The Hall–Kier alpha value is -2.96. The molecule has 0 saturated carbocycles. The molecule has 0 aliphatic carbocycles. The van der Waals surface area contributed by atoms with Gasteiger partial charge >= 0.3 is 5.97 Å². The molecule has 22 heavy (non-hydrogen) atoms. The second kappa shape index (κ2) is 5.44. The Morgan fingerprint density at radius 1 is 1.36 bits per heavy atom. The number of nitrogens with one attached hydrogen (secondary N) is 1. The maximum absolute atomic E-state index is 12.0. The van der Waals surface area contributed by atoms with Gasteiger partial charge in [-0.25, -0.2) is 9.78 Å². The van der Waals surface area contributed by atoms with Gasteiger partial charge in [-0.3, -0.25) is 4.79 Å². The molecule has 1 unspecified atom stereocenters. The summed E-state index contributed by atoms with van der Waals surface area (Å²) in [6.45, 7) is 3.32. The third-order valence-corrected chi connectivity index (χ3v) is 3.13. The van der Waals surface area contributed by atoms with Crippen LogP contribution in [-0.2, 0) is 4.74 Å². The maximum Gasteiger partial charge on any atom is 0.377 e. The van der Waals surface area contributed by atoms with E-state index in [1.165, 1.54) is 6.07 Å². The number of hydrogen-bond acceptors (Lipinski definition) is 6. The lowest BCUT2D eigenvalue weighted by Gasteiger charge is -2.11. The number of carbonyl (C=O) groups excluding carboxylic acids is 1. The summed E-state index contributed by atoms with van der Waals surface area (Å²) in [6.07, 6.45) is -0.727. The fraction of sp³-hybridized carbons (Fsp3) is 0.200. The van der Waals surface area contributed by atoms with Gasteiger partial charge in [0.25, 0.3) is 5.56 Å². The van der Waals surface area contributed by atoms with Gasteiger partial charge in [-0.05, 0) is 26.0 Å². The number of fused-ring (bicyclic) bond motifs is 1. The summed E-state index contributed by atoms with van der Waals surface area (Å²) < 4.78 is 10.1. The first-order chi connectivity index (χ1) is 10.5. The van der Waals surface area contributed by atoms with Crippen LogP contribution in [-0.4, -0.2) is 21.1 Å². The zero-order valence-electron chi connectivity index (χ0n) is 12.0. The number of benzene rings is 1. The van der Waals surface area contributed by atoms with Gasteiger partial charge in [0.1, 0.15) is 0 Å². The first-order valence-corrected chi connectivity index (χ1v) is 6.68. The molecule has 3 rings (SSSR count). The summed E-state index contributed by atoms with van der Waals surface area (Å²) in [6, 6.07) is 8.42. The van der Waals surface area contributed by atoms with E-state index in [2.05, 4.69) is 15.1 Å². The number of hydrogen-bond donors (Lipinski definition) is 1. The van der Waals surface area contributed by atoms with E-state index in [-0.39, 0.29) is 17.1 Å². The quantitative estimate of drug-likeness (QED) is 0.744. The van der Waals surface area contributed by atoms with Gasteiger partial charge in [0.2, 0.25) is 5.76 Å². The maximum atomic E-state index is 12.0. The molecule has 7 heteroatoms. The van der Waals surface area contributed by atoms with E-state index in [9.17, 15) is 9.59 Å². The van der Waals surface area contributed by atoms with Gasteiger partial charge in [-0.15, -0.1) is 0 Å². The summed E-state index contributed by atoms with van der Waals surface area (Å²) in [5.74, 6) is -0.385. The molecule has 2 heterocycles. The van der Waals surface area contributed by atoms with Crippen LogP contribution in [0.4, 0.5) is 0 Å². The highest BCUT2D eigenvalue weighted by Crippen LogP contribution is 2.16. The lowest BCUT2D eigenvalue weighted by Crippen LogP contribution is -2.17. The van der Waals surface area contributed by atoms with E-state index >= 15 is 0 Å². The Labute approximate surface area is 124 Å². The molecule has 0 radical (unpaired) electrons. The van der Waals surface area contributed by atoms with Crippen LogP contribution in [0.3, 0.4) is 0 Å². The van der Waals surface area contributed by atoms with Crippen molar-refractivity contribution in [3.63, 3.8) is 0 Å². The number of rotatable bonds is 3. The van der Waals surface area contributed by atoms with E-state index in [1.54, 1.807) is 38.1 Å². The molecule has 7 nitrogen and oxygen atoms in total. The van der Waals surface area contributed by atoms with Crippen LogP contribution in [0.15, 0.2) is 39.6 Å². The number of aromatic amines is 1. The molecule has 0 saturated heterocycles. The number of para-hydroxylation sites is 1. The summed E-state index contributed by atoms with van der Waals surface area (Å²) >= 11 is 0. The molecule has 0 amide bonds. The monoisotopic (exact) mass is 299 g/mol. The molecule has 1 atom stereocenters. The van der Waals surface area contributed by atoms with Crippen LogP contribution in [0.2, 0.25) is 0 Å². The lowest BCUT2D eigenvalue weighted by atomic mass is 10.2. The third-order valence-electron chi connectivity index (χ3n) is 3.13. The molecule has 0 fully saturated rings. The number of aromatic nitrogens is 3. The van der Waals surface area contributed by atoms with Crippen molar-refractivity contribution in [3.8, 4) is 0 Å². The van der Waals surface area contributed by atoms with Crippen LogP contribution in [0.1, 0.15) is 35.1 Å². The Morgan fingerprint density at radius 2 is 2.14 bits per heavy atom. The van der Waals surface area contributed by atoms with Crippen LogP contribution in [0.5, 0.6) is 0 Å². The average Bonchev–Trinajstić information content (AvgIpc) is 2.94. The van der Waals surface area contributed by atoms with Crippen molar-refractivity contribution in [2.24, 2.45) is 0 Å². The first-order valence-electron chi connectivity index (χ1n) is 6.68. The topological polar surface area (TPSA) is 98.1 Å². The lowest BCUT2D eigenvalue weighted by molar-refractivity contribution is 0.0274. The Kier molecular flexibility index (Phi) is 3.46. The fourth-order valence-corrected chi connectivity index (χ4v) is 2.03. The molecule has 2 aromatic heterocycles. The van der Waals surface area contributed by atoms with E-state index in [1.807, 2.05) is 0 Å². The van der Waals surface area contributed by atoms with Crippen molar-refractivity contribution in [2.75, 3.05) is 0 Å². The highest BCUT2D eigenvalue weighted by Gasteiger charge is 2.19. The highest BCUT2D eigenvalue weighted by molar-refractivity contribution is 5.86. The van der Waals surface area contributed by atoms with Crippen LogP contribution in [0.25, 0.3) is 10.9 Å². The predicted octanol–water partition coefficient (Wildman–Crippen LogP) is 2.14. The van der Waals surface area contributed by atoms with E-state index in [0.717, 1.165) is 0 Å². The van der Waals surface area contributed by atoms with Gasteiger partial charge in [-0.1, -0.05) is 17.3 Å². The van der Waals surface area contributed by atoms with Gasteiger partial charge in [0, 0.05) is 6.07 Å². The molecule has 3 aromatic rings. The Morgan fingerprint density at radius 3 is 2.86 bits per heavy atom. The van der Waals surface area contributed by atoms with Gasteiger partial charge < -0.3 is 14.2 Å². The molecule has 0 aliphatic rings. The van der Waals surface area contributed by atoms with E-state index in [4.69, 9.17) is 9.26 Å². The molecule has 0 spiro atoms. The van der Waals surface area contributed by atoms with Crippen molar-refractivity contribution in [1.82, 2.24) is 15.1 Å². The Bertz CT molecular complexity index is 897. The van der Waals surface area contributed by atoms with Crippen molar-refractivity contribution >= 4 is 16.9 Å². The zero-order chi connectivity index (χ0) is 15.7. The molecule has 1 aromatic carbocycles. The predicted molar refractivity (Wildman–Crippen MR) is 77.4 cm³/mol. The normalized spacial score (nSPS) is 12.3. The standard InChI is InChI=1S/C15H13N3O4/c1-8-7-12(22-18-8)15(20)21-9(2)13-16-11-6-4-3-5-10(11)14(19)17-13/h3-7,9H,1-2H3,(H,16,17,19). The van der Waals surface area contributed by atoms with Crippen LogP contribution < -0.4 is 5.56 Å². The number of H-pyrrole nitrogens is 1. The Balaban J connectivity index is 1.87. The summed E-state index contributed by atoms with van der Waals surface area (Å²) in [4.78, 5) is 30.8. The number of ether oxygens (including phenoxy) is 1. The van der Waals surface area contributed by atoms with Crippen molar-refractivity contribution in [3.05, 3.63) is 58.0 Å². The number of esters is 1. The second-order valence-electron chi connectivity index (χ2n) is 4.85. The van der Waals surface area contributed by atoms with Crippen LogP contribution >= 0.6 is 0 Å². The summed E-state index contributed by atoms with van der Waals surface area (Å²) in [5, 5.41) is 4.11. The average molecular weight is 299 g/mol. The largest absolute Gasteiger partial charge is 0.449 e. The minimum absolute atomic E-state index is 0.00693. The van der Waals surface area contributed by atoms with Crippen LogP contribution in [0, 0.1) is 6.92 Å². The third kappa shape index (κ3) is 2.60. The smallest absolute Gasteiger partial charge is 0.377 e. The molecule has 0 aliphatic heterocycles. The molecular formula is C15H13N3O4. The first kappa shape index (κ1) is 14.0. The highest BCUT2D eigenvalue weighted by atomic mass is 16.6. The molecular weight excluding hydrogens is 286 g/mol. The minimum atomic E-state index is -0.727. The van der Waals surface area contributed by atoms with Crippen molar-refractivity contribution in [1.29, 1.82) is 0 Å². The van der Waals surface area contributed by atoms with E-state index in [0.29, 0.717) is 16.6 Å². The molecule has 112 valence electrons. The zero-order valence-corrected chi connectivity index (χ0v) is 12.0. The van der Waals surface area contributed by atoms with Gasteiger partial charge in [-0.2, -0.15) is 0 Å². The van der Waals surface area contributed by atoms with Gasteiger partial charge in [0.05, 0.1) is 16.6 Å². The minimum Gasteiger partial charge on any atom is -0.449 e. The molecule has 1 N–H and O–H groups in total. The summed E-state index contributed by atoms with van der Waals surface area (Å²) in [5.41, 5.74) is 0.843. The van der Waals surface area contributed by atoms with Gasteiger partial charge in [0.15, 0.2) is 11.9 Å². The molecule has 0 bridgehead atoms. The number of aryl methyl sites for hydroxylation is 1. The van der Waals surface area contributed by atoms with Crippen molar-refractivity contribution < 1.29 is 14.1 Å². The fourth-order valence-electron chi connectivity index (χ4n) is 2.03. The number of carbonyl (C=O) groups is 1. The number of nitrogens with zero attached hydrogens (tertiary/aromatic N) is 2. The van der Waals surface area contributed by atoms with Crippen molar-refractivity contribution in [2.45, 2.75) is 20.0 Å². The summed E-state index contributed by atoms with van der Waals surface area (Å²) in [7, 11) is 0. The SMILES string of the molecule is Cc1cc(C(=O)OC(C)c2nc3ccccc3c(=O)[nH]2)on1.